The molecule has 4 saturated carbocycles. The molecule has 4 bridgehead atoms. The Bertz CT molecular complexity index is 238. The van der Waals surface area contributed by atoms with Crippen molar-refractivity contribution < 1.29 is 0 Å². The van der Waals surface area contributed by atoms with Crippen LogP contribution in [0.5, 0.6) is 0 Å². The van der Waals surface area contributed by atoms with Gasteiger partial charge in [0.2, 0.25) is 0 Å². The minimum absolute atomic E-state index is 0.520. The number of nitrogens with one attached hydrogen (secondary N) is 2. The summed E-state index contributed by atoms with van der Waals surface area (Å²) in [6, 6.07) is 0. The Hall–Kier alpha value is -0.0800. The first-order valence-corrected chi connectivity index (χ1v) is 6.82. The maximum absolute atomic E-state index is 3.92. The third-order valence-corrected chi connectivity index (χ3v) is 5.77. The van der Waals surface area contributed by atoms with E-state index in [-0.39, 0.29) is 0 Å². The zero-order valence-corrected chi connectivity index (χ0v) is 9.47. The molecule has 2 nitrogen and oxygen atoms in total. The van der Waals surface area contributed by atoms with Crippen LogP contribution in [-0.4, -0.2) is 25.2 Å². The fourth-order valence-corrected chi connectivity index (χ4v) is 5.34. The summed E-state index contributed by atoms with van der Waals surface area (Å²) in [5.74, 6) is 4.20. The second-order valence-corrected chi connectivity index (χ2v) is 6.45. The molecule has 0 radical (unpaired) electrons. The van der Waals surface area contributed by atoms with Crippen LogP contribution >= 0.6 is 0 Å². The fraction of sp³-hybridized carbons (Fsp3) is 1.00. The summed E-state index contributed by atoms with van der Waals surface area (Å²) in [5.41, 5.74) is 0.520. The van der Waals surface area contributed by atoms with Crippen LogP contribution in [0.4, 0.5) is 0 Å². The first-order chi connectivity index (χ1) is 7.37. The Kier molecular flexibility index (Phi) is 1.79. The topological polar surface area (TPSA) is 24.1 Å². The van der Waals surface area contributed by atoms with Crippen molar-refractivity contribution in [2.75, 3.05) is 19.6 Å². The molecule has 1 spiro atoms. The van der Waals surface area contributed by atoms with Crippen LogP contribution < -0.4 is 10.6 Å². The Morgan fingerprint density at radius 1 is 0.800 bits per heavy atom. The molecule has 0 aromatic rings. The van der Waals surface area contributed by atoms with Gasteiger partial charge in [0, 0.05) is 25.2 Å². The highest BCUT2D eigenvalue weighted by atomic mass is 15.1. The minimum Gasteiger partial charge on any atom is -0.314 e. The van der Waals surface area contributed by atoms with E-state index in [0.717, 1.165) is 23.7 Å². The Morgan fingerprint density at radius 2 is 1.47 bits per heavy atom. The zero-order valence-electron chi connectivity index (χ0n) is 9.47. The lowest BCUT2D eigenvalue weighted by molar-refractivity contribution is -0.0780. The van der Waals surface area contributed by atoms with Gasteiger partial charge in [-0.05, 0) is 55.8 Å². The molecule has 2 N–H and O–H groups in total. The molecule has 15 heavy (non-hydrogen) atoms. The van der Waals surface area contributed by atoms with E-state index in [2.05, 4.69) is 10.6 Å². The highest BCUT2D eigenvalue weighted by molar-refractivity contribution is 5.13. The first-order valence-electron chi connectivity index (χ1n) is 6.82. The lowest BCUT2D eigenvalue weighted by Crippen LogP contribution is -2.71. The van der Waals surface area contributed by atoms with Crippen LogP contribution in [-0.2, 0) is 0 Å². The number of hydrogen-bond donors (Lipinski definition) is 2. The van der Waals surface area contributed by atoms with Gasteiger partial charge in [-0.25, -0.2) is 0 Å². The average molecular weight is 206 g/mol. The average Bonchev–Trinajstić information content (AvgIpc) is 2.26. The van der Waals surface area contributed by atoms with Gasteiger partial charge in [-0.2, -0.15) is 0 Å². The Balaban J connectivity index is 1.69. The normalized spacial score (nSPS) is 57.6. The maximum Gasteiger partial charge on any atom is 0.0363 e. The Labute approximate surface area is 92.2 Å². The van der Waals surface area contributed by atoms with Gasteiger partial charge in [0.1, 0.15) is 0 Å². The molecule has 5 fully saturated rings. The van der Waals surface area contributed by atoms with Crippen LogP contribution in [0.3, 0.4) is 0 Å². The van der Waals surface area contributed by atoms with Crippen molar-refractivity contribution in [2.24, 2.45) is 23.7 Å². The molecule has 5 aliphatic rings. The molecular weight excluding hydrogens is 184 g/mol. The first kappa shape index (κ1) is 9.00. The van der Waals surface area contributed by atoms with Gasteiger partial charge < -0.3 is 10.6 Å². The van der Waals surface area contributed by atoms with E-state index in [9.17, 15) is 0 Å². The van der Waals surface area contributed by atoms with Crippen molar-refractivity contribution in [2.45, 2.75) is 37.6 Å². The molecule has 1 heterocycles. The molecule has 0 amide bonds. The quantitative estimate of drug-likeness (QED) is 0.625. The second-order valence-electron chi connectivity index (χ2n) is 6.45. The van der Waals surface area contributed by atoms with E-state index in [0.29, 0.717) is 5.54 Å². The summed E-state index contributed by atoms with van der Waals surface area (Å²) in [5, 5.41) is 7.56. The molecule has 1 aliphatic heterocycles. The standard InChI is InChI=1S/C13H22N2/c1-2-15-13(8-14-1)11-4-9-3-10(6-11)7-12(13)5-9/h9-12,14-15H,1-8H2. The van der Waals surface area contributed by atoms with Gasteiger partial charge in [0.25, 0.3) is 0 Å². The molecule has 0 aromatic carbocycles. The lowest BCUT2D eigenvalue weighted by Gasteiger charge is -2.62. The van der Waals surface area contributed by atoms with E-state index < -0.39 is 0 Å². The number of rotatable bonds is 0. The zero-order chi connectivity index (χ0) is 9.88. The predicted octanol–water partition coefficient (Wildman–Crippen LogP) is 1.37. The molecule has 4 aliphatic carbocycles. The summed E-state index contributed by atoms with van der Waals surface area (Å²) < 4.78 is 0. The van der Waals surface area contributed by atoms with Gasteiger partial charge >= 0.3 is 0 Å². The van der Waals surface area contributed by atoms with E-state index in [1.165, 1.54) is 45.3 Å². The second kappa shape index (κ2) is 2.98. The molecule has 0 atom stereocenters. The summed E-state index contributed by atoms with van der Waals surface area (Å²) >= 11 is 0. The molecule has 0 aromatic heterocycles. The van der Waals surface area contributed by atoms with Crippen LogP contribution in [0.1, 0.15) is 32.1 Å². The SMILES string of the molecule is C1CNC2(CN1)C1CC3CC(C1)CC2C3. The maximum atomic E-state index is 3.92. The van der Waals surface area contributed by atoms with Crippen LogP contribution in [0.15, 0.2) is 0 Å². The van der Waals surface area contributed by atoms with Crippen molar-refractivity contribution in [3.05, 3.63) is 0 Å². The third kappa shape index (κ3) is 1.13. The van der Waals surface area contributed by atoms with Crippen molar-refractivity contribution in [3.63, 3.8) is 0 Å². The molecule has 5 rings (SSSR count). The third-order valence-electron chi connectivity index (χ3n) is 5.77. The highest BCUT2D eigenvalue weighted by Crippen LogP contribution is 2.58. The molecule has 1 saturated heterocycles. The fourth-order valence-electron chi connectivity index (χ4n) is 5.34. The van der Waals surface area contributed by atoms with Gasteiger partial charge in [-0.3, -0.25) is 0 Å². The van der Waals surface area contributed by atoms with Crippen LogP contribution in [0, 0.1) is 23.7 Å². The lowest BCUT2D eigenvalue weighted by atomic mass is 9.48. The van der Waals surface area contributed by atoms with E-state index >= 15 is 0 Å². The predicted molar refractivity (Wildman–Crippen MR) is 60.6 cm³/mol. The minimum atomic E-state index is 0.520. The molecule has 84 valence electrons. The van der Waals surface area contributed by atoms with Gasteiger partial charge in [0.15, 0.2) is 0 Å². The highest BCUT2D eigenvalue weighted by Gasteiger charge is 2.57. The van der Waals surface area contributed by atoms with Crippen molar-refractivity contribution in [1.82, 2.24) is 10.6 Å². The van der Waals surface area contributed by atoms with Crippen molar-refractivity contribution >= 4 is 0 Å². The summed E-state index contributed by atoms with van der Waals surface area (Å²) in [6.07, 6.45) is 7.68. The van der Waals surface area contributed by atoms with Gasteiger partial charge in [0.05, 0.1) is 0 Å². The summed E-state index contributed by atoms with van der Waals surface area (Å²) in [6.45, 7) is 3.62. The van der Waals surface area contributed by atoms with E-state index in [4.69, 9.17) is 0 Å². The summed E-state index contributed by atoms with van der Waals surface area (Å²) in [4.78, 5) is 0. The van der Waals surface area contributed by atoms with E-state index in [1.54, 1.807) is 6.42 Å². The van der Waals surface area contributed by atoms with Crippen LogP contribution in [0.25, 0.3) is 0 Å². The molecular formula is C13H22N2. The van der Waals surface area contributed by atoms with Gasteiger partial charge in [-0.15, -0.1) is 0 Å². The van der Waals surface area contributed by atoms with Crippen molar-refractivity contribution in [1.29, 1.82) is 0 Å². The molecule has 0 unspecified atom stereocenters. The van der Waals surface area contributed by atoms with Crippen molar-refractivity contribution in [3.8, 4) is 0 Å². The molecule has 2 heteroatoms. The van der Waals surface area contributed by atoms with Crippen LogP contribution in [0.2, 0.25) is 0 Å². The number of hydrogen-bond acceptors (Lipinski definition) is 2. The van der Waals surface area contributed by atoms with E-state index in [1.807, 2.05) is 0 Å². The summed E-state index contributed by atoms with van der Waals surface area (Å²) in [7, 11) is 0. The largest absolute Gasteiger partial charge is 0.314 e. The smallest absolute Gasteiger partial charge is 0.0363 e. The van der Waals surface area contributed by atoms with Gasteiger partial charge in [-0.1, -0.05) is 0 Å². The number of piperazine rings is 1. The Morgan fingerprint density at radius 3 is 2.00 bits per heavy atom. The monoisotopic (exact) mass is 206 g/mol.